The number of nitrogens with one attached hydrogen (secondary N) is 3. The van der Waals surface area contributed by atoms with Crippen molar-refractivity contribution in [2.24, 2.45) is 17.8 Å². The Morgan fingerprint density at radius 1 is 0.816 bits per heavy atom. The van der Waals surface area contributed by atoms with E-state index in [-0.39, 0.29) is 24.4 Å². The summed E-state index contributed by atoms with van der Waals surface area (Å²) in [5.41, 5.74) is 0.798. The molecule has 9 nitrogen and oxygen atoms in total. The first-order valence-electron chi connectivity index (χ1n) is 12.9. The van der Waals surface area contributed by atoms with Crippen LogP contribution in [0.4, 0.5) is 8.68 Å². The summed E-state index contributed by atoms with van der Waals surface area (Å²) in [4.78, 5) is 38.8. The zero-order chi connectivity index (χ0) is 28.9. The van der Waals surface area contributed by atoms with E-state index in [9.17, 15) is 26.7 Å². The van der Waals surface area contributed by atoms with Crippen LogP contribution < -0.4 is 16.0 Å². The summed E-state index contributed by atoms with van der Waals surface area (Å²) >= 11 is 0. The minimum absolute atomic E-state index is 0.0312. The Hall–Kier alpha value is -2.95. The summed E-state index contributed by atoms with van der Waals surface area (Å²) in [6.45, 7) is 11.4. The van der Waals surface area contributed by atoms with Gasteiger partial charge in [0.1, 0.15) is 18.7 Å². The van der Waals surface area contributed by atoms with Crippen LogP contribution in [0.25, 0.3) is 0 Å². The minimum Gasteiger partial charge on any atom is -0.445 e. The van der Waals surface area contributed by atoms with E-state index in [0.717, 1.165) is 11.6 Å². The second kappa shape index (κ2) is 16.1. The lowest BCUT2D eigenvalue weighted by Gasteiger charge is -2.26. The van der Waals surface area contributed by atoms with Crippen molar-refractivity contribution in [2.45, 2.75) is 85.5 Å². The molecule has 11 heteroatoms. The second-order valence-electron chi connectivity index (χ2n) is 10.6. The molecule has 214 valence electrons. The standard InChI is InChI=1S/C27H42FN3O6S/c1-18(2)14-22(12-13-38(28,35)36)29-25(32)23(15-19(3)4)30-26(33)24(16-20(5)6)31-27(34)37-17-21-10-8-7-9-11-21/h7-13,18-20,22-24H,14-17H2,1-6H3,(H,29,32)(H,30,33)(H,31,34)/b13-12-/t22-,23+,24+/m1/s1. The molecule has 0 aliphatic rings. The number of hydrogen-bond donors (Lipinski definition) is 3. The smallest absolute Gasteiger partial charge is 0.408 e. The third kappa shape index (κ3) is 14.7. The van der Waals surface area contributed by atoms with Gasteiger partial charge in [0, 0.05) is 6.04 Å². The fraction of sp³-hybridized carbons (Fsp3) is 0.593. The molecule has 38 heavy (non-hydrogen) atoms. The van der Waals surface area contributed by atoms with E-state index >= 15 is 0 Å². The summed E-state index contributed by atoms with van der Waals surface area (Å²) in [5, 5.41) is 8.45. The molecular formula is C27H42FN3O6S. The number of carbonyl (C=O) groups is 3. The lowest BCUT2D eigenvalue weighted by molar-refractivity contribution is -0.130. The minimum atomic E-state index is -4.86. The van der Waals surface area contributed by atoms with Gasteiger partial charge in [-0.25, -0.2) is 4.79 Å². The Labute approximate surface area is 226 Å². The number of alkyl carbamates (subject to hydrolysis) is 1. The fourth-order valence-corrected chi connectivity index (χ4v) is 4.13. The van der Waals surface area contributed by atoms with Crippen LogP contribution >= 0.6 is 0 Å². The average Bonchev–Trinajstić information content (AvgIpc) is 2.79. The van der Waals surface area contributed by atoms with Gasteiger partial charge in [-0.3, -0.25) is 9.59 Å². The van der Waals surface area contributed by atoms with Crippen molar-refractivity contribution >= 4 is 28.1 Å². The van der Waals surface area contributed by atoms with E-state index in [2.05, 4.69) is 16.0 Å². The van der Waals surface area contributed by atoms with Crippen LogP contribution in [0.3, 0.4) is 0 Å². The zero-order valence-electron chi connectivity index (χ0n) is 23.1. The molecule has 1 aromatic rings. The number of ether oxygens (including phenoxy) is 1. The highest BCUT2D eigenvalue weighted by Gasteiger charge is 2.29. The maximum Gasteiger partial charge on any atom is 0.408 e. The van der Waals surface area contributed by atoms with E-state index in [4.69, 9.17) is 4.74 Å². The van der Waals surface area contributed by atoms with Crippen molar-refractivity contribution in [1.29, 1.82) is 0 Å². The van der Waals surface area contributed by atoms with E-state index in [0.29, 0.717) is 24.7 Å². The van der Waals surface area contributed by atoms with Crippen LogP contribution in [0.15, 0.2) is 41.8 Å². The number of hydrogen-bond acceptors (Lipinski definition) is 6. The second-order valence-corrected chi connectivity index (χ2v) is 11.9. The van der Waals surface area contributed by atoms with E-state index in [1.807, 2.05) is 71.9 Å². The Bertz CT molecular complexity index is 1030. The summed E-state index contributed by atoms with van der Waals surface area (Å²) in [6.07, 6.45) is 1.31. The molecule has 3 N–H and O–H groups in total. The van der Waals surface area contributed by atoms with Gasteiger partial charge in [0.15, 0.2) is 0 Å². The van der Waals surface area contributed by atoms with Gasteiger partial charge in [-0.2, -0.15) is 8.42 Å². The molecule has 0 fully saturated rings. The summed E-state index contributed by atoms with van der Waals surface area (Å²) < 4.78 is 40.2. The first-order valence-corrected chi connectivity index (χ1v) is 14.3. The number of carbonyl (C=O) groups excluding carboxylic acids is 3. The van der Waals surface area contributed by atoms with Crippen LogP contribution in [0.5, 0.6) is 0 Å². The monoisotopic (exact) mass is 555 g/mol. The molecule has 0 bridgehead atoms. The van der Waals surface area contributed by atoms with E-state index in [1.165, 1.54) is 0 Å². The molecule has 3 amide bonds. The molecule has 0 aliphatic heterocycles. The summed E-state index contributed by atoms with van der Waals surface area (Å²) in [6, 6.07) is 6.47. The van der Waals surface area contributed by atoms with E-state index < -0.39 is 46.3 Å². The molecule has 0 saturated carbocycles. The Balaban J connectivity index is 2.97. The largest absolute Gasteiger partial charge is 0.445 e. The van der Waals surface area contributed by atoms with Crippen molar-refractivity contribution in [3.8, 4) is 0 Å². The van der Waals surface area contributed by atoms with Gasteiger partial charge < -0.3 is 20.7 Å². The number of benzene rings is 1. The molecule has 0 spiro atoms. The average molecular weight is 556 g/mol. The Morgan fingerprint density at radius 3 is 1.82 bits per heavy atom. The highest BCUT2D eigenvalue weighted by molar-refractivity contribution is 7.89. The summed E-state index contributed by atoms with van der Waals surface area (Å²) in [7, 11) is -4.86. The van der Waals surface area contributed by atoms with Crippen LogP contribution in [-0.4, -0.2) is 44.5 Å². The number of halogens is 1. The fourth-order valence-electron chi connectivity index (χ4n) is 3.75. The maximum absolute atomic E-state index is 13.2. The van der Waals surface area contributed by atoms with Crippen LogP contribution in [-0.2, 0) is 31.2 Å². The third-order valence-electron chi connectivity index (χ3n) is 5.39. The van der Waals surface area contributed by atoms with Gasteiger partial charge >= 0.3 is 16.3 Å². The van der Waals surface area contributed by atoms with Crippen LogP contribution in [0.1, 0.15) is 66.4 Å². The maximum atomic E-state index is 13.2. The topological polar surface area (TPSA) is 131 Å². The molecule has 0 saturated heterocycles. The lowest BCUT2D eigenvalue weighted by atomic mass is 9.99. The van der Waals surface area contributed by atoms with Gasteiger partial charge in [0.05, 0.1) is 5.41 Å². The SMILES string of the molecule is CC(C)C[C@@H](/C=C\S(=O)(=O)F)NC(=O)[C@H](CC(C)C)NC(=O)[C@H](CC(C)C)NC(=O)OCc1ccccc1. The predicted octanol–water partition coefficient (Wildman–Crippen LogP) is 4.20. The molecule has 0 radical (unpaired) electrons. The van der Waals surface area contributed by atoms with Gasteiger partial charge in [-0.05, 0) is 48.7 Å². The van der Waals surface area contributed by atoms with Crippen molar-refractivity contribution in [2.75, 3.05) is 0 Å². The molecule has 0 heterocycles. The molecule has 3 atom stereocenters. The van der Waals surface area contributed by atoms with Crippen LogP contribution in [0, 0.1) is 17.8 Å². The molecule has 1 rings (SSSR count). The van der Waals surface area contributed by atoms with Crippen LogP contribution in [0.2, 0.25) is 0 Å². The van der Waals surface area contributed by atoms with Crippen molar-refractivity contribution in [3.63, 3.8) is 0 Å². The molecule has 1 aromatic carbocycles. The molecule has 0 aliphatic carbocycles. The van der Waals surface area contributed by atoms with Gasteiger partial charge in [-0.15, -0.1) is 3.89 Å². The van der Waals surface area contributed by atoms with Crippen molar-refractivity contribution < 1.29 is 31.4 Å². The van der Waals surface area contributed by atoms with Gasteiger partial charge in [-0.1, -0.05) is 71.9 Å². The molecule has 0 aromatic heterocycles. The first-order chi connectivity index (χ1) is 17.7. The lowest BCUT2D eigenvalue weighted by Crippen LogP contribution is -2.55. The van der Waals surface area contributed by atoms with Crippen molar-refractivity contribution in [1.82, 2.24) is 16.0 Å². The molecule has 0 unspecified atom stereocenters. The highest BCUT2D eigenvalue weighted by Crippen LogP contribution is 2.12. The number of amides is 3. The molecular weight excluding hydrogens is 513 g/mol. The Kier molecular flexibility index (Phi) is 14.0. The summed E-state index contributed by atoms with van der Waals surface area (Å²) in [5.74, 6) is -0.914. The number of rotatable bonds is 15. The first kappa shape index (κ1) is 33.1. The van der Waals surface area contributed by atoms with Gasteiger partial charge in [0.2, 0.25) is 11.8 Å². The Morgan fingerprint density at radius 2 is 1.32 bits per heavy atom. The zero-order valence-corrected chi connectivity index (χ0v) is 23.9. The van der Waals surface area contributed by atoms with Gasteiger partial charge in [0.25, 0.3) is 0 Å². The van der Waals surface area contributed by atoms with Crippen molar-refractivity contribution in [3.05, 3.63) is 47.4 Å². The van der Waals surface area contributed by atoms with E-state index in [1.54, 1.807) is 0 Å². The predicted molar refractivity (Wildman–Crippen MR) is 145 cm³/mol. The highest BCUT2D eigenvalue weighted by atomic mass is 32.3. The third-order valence-corrected chi connectivity index (χ3v) is 5.88. The normalized spacial score (nSPS) is 14.4. The quantitative estimate of drug-likeness (QED) is 0.278.